The van der Waals surface area contributed by atoms with Crippen molar-refractivity contribution in [2.75, 3.05) is 27.2 Å². The standard InChI is InChI=1S/C22H32FN5OS.HI/c1-15(2)21-26-18(14-30-21)12-25-22(24-3)27-17-7-9-28(10-8-17)13-16-5-6-20(29-4)19(23)11-16;/h5-6,11,14-15,17H,7-10,12-13H2,1-4H3,(H2,24,25,27);1H. The summed E-state index contributed by atoms with van der Waals surface area (Å²) in [5.74, 6) is 1.26. The van der Waals surface area contributed by atoms with Crippen molar-refractivity contribution in [1.82, 2.24) is 20.5 Å². The maximum Gasteiger partial charge on any atom is 0.191 e. The first-order valence-electron chi connectivity index (χ1n) is 10.4. The Morgan fingerprint density at radius 1 is 1.35 bits per heavy atom. The van der Waals surface area contributed by atoms with Gasteiger partial charge in [-0.05, 0) is 30.5 Å². The molecule has 1 aromatic heterocycles. The number of guanidine groups is 1. The third kappa shape index (κ3) is 7.57. The minimum absolute atomic E-state index is 0. The molecule has 1 aromatic carbocycles. The van der Waals surface area contributed by atoms with Gasteiger partial charge < -0.3 is 15.4 Å². The van der Waals surface area contributed by atoms with Gasteiger partial charge in [0, 0.05) is 44.0 Å². The van der Waals surface area contributed by atoms with E-state index in [9.17, 15) is 4.39 Å². The summed E-state index contributed by atoms with van der Waals surface area (Å²) in [4.78, 5) is 11.4. The average Bonchev–Trinajstić information content (AvgIpc) is 3.22. The minimum Gasteiger partial charge on any atom is -0.494 e. The van der Waals surface area contributed by atoms with E-state index in [0.29, 0.717) is 24.3 Å². The number of thiazole rings is 1. The first-order valence-corrected chi connectivity index (χ1v) is 11.3. The summed E-state index contributed by atoms with van der Waals surface area (Å²) in [6.07, 6.45) is 2.04. The first-order chi connectivity index (χ1) is 14.5. The molecule has 2 aromatic rings. The fourth-order valence-electron chi connectivity index (χ4n) is 3.53. The Morgan fingerprint density at radius 3 is 2.68 bits per heavy atom. The van der Waals surface area contributed by atoms with Crippen molar-refractivity contribution < 1.29 is 9.13 Å². The molecule has 172 valence electrons. The van der Waals surface area contributed by atoms with Crippen LogP contribution in [0.1, 0.15) is 48.9 Å². The van der Waals surface area contributed by atoms with Crippen LogP contribution in [0.3, 0.4) is 0 Å². The molecule has 0 bridgehead atoms. The molecule has 9 heteroatoms. The highest BCUT2D eigenvalue weighted by atomic mass is 127. The Balaban J connectivity index is 0.00000341. The quantitative estimate of drug-likeness (QED) is 0.299. The van der Waals surface area contributed by atoms with Crippen LogP contribution in [-0.2, 0) is 13.1 Å². The molecule has 0 amide bonds. The van der Waals surface area contributed by atoms with Gasteiger partial charge in [-0.1, -0.05) is 19.9 Å². The van der Waals surface area contributed by atoms with Gasteiger partial charge in [-0.15, -0.1) is 35.3 Å². The number of aromatic nitrogens is 1. The van der Waals surface area contributed by atoms with Gasteiger partial charge in [-0.25, -0.2) is 9.37 Å². The zero-order valence-corrected chi connectivity index (χ0v) is 21.8. The number of benzene rings is 1. The molecule has 2 heterocycles. The molecule has 6 nitrogen and oxygen atoms in total. The number of methoxy groups -OCH3 is 1. The van der Waals surface area contributed by atoms with Gasteiger partial charge in [0.1, 0.15) is 0 Å². The maximum atomic E-state index is 13.9. The number of nitrogens with one attached hydrogen (secondary N) is 2. The molecule has 1 fully saturated rings. The highest BCUT2D eigenvalue weighted by molar-refractivity contribution is 14.0. The molecule has 31 heavy (non-hydrogen) atoms. The molecule has 0 radical (unpaired) electrons. The molecule has 3 rings (SSSR count). The van der Waals surface area contributed by atoms with Crippen LogP contribution in [0.25, 0.3) is 0 Å². The van der Waals surface area contributed by atoms with Gasteiger partial charge >= 0.3 is 0 Å². The molecule has 0 unspecified atom stereocenters. The van der Waals surface area contributed by atoms with Crippen molar-refractivity contribution in [3.8, 4) is 5.75 Å². The Kier molecular flexibility index (Phi) is 10.4. The number of rotatable bonds is 7. The van der Waals surface area contributed by atoms with Crippen LogP contribution in [0.2, 0.25) is 0 Å². The van der Waals surface area contributed by atoms with Gasteiger partial charge in [0.05, 0.1) is 24.4 Å². The number of hydrogen-bond donors (Lipinski definition) is 2. The van der Waals surface area contributed by atoms with Crippen LogP contribution in [0.15, 0.2) is 28.6 Å². The van der Waals surface area contributed by atoms with E-state index in [-0.39, 0.29) is 29.8 Å². The predicted octanol–water partition coefficient (Wildman–Crippen LogP) is 4.36. The van der Waals surface area contributed by atoms with E-state index in [2.05, 4.69) is 44.7 Å². The second-order valence-corrected chi connectivity index (χ2v) is 8.81. The molecular weight excluding hydrogens is 528 g/mol. The highest BCUT2D eigenvalue weighted by Gasteiger charge is 2.20. The lowest BCUT2D eigenvalue weighted by Crippen LogP contribution is -2.48. The average molecular weight is 562 g/mol. The van der Waals surface area contributed by atoms with Crippen LogP contribution in [0.4, 0.5) is 4.39 Å². The van der Waals surface area contributed by atoms with Gasteiger partial charge in [0.15, 0.2) is 17.5 Å². The van der Waals surface area contributed by atoms with E-state index in [0.717, 1.165) is 49.7 Å². The molecule has 0 spiro atoms. The summed E-state index contributed by atoms with van der Waals surface area (Å²) < 4.78 is 18.9. The zero-order chi connectivity index (χ0) is 21.5. The number of halogens is 2. The van der Waals surface area contributed by atoms with Gasteiger partial charge in [-0.3, -0.25) is 9.89 Å². The second-order valence-electron chi connectivity index (χ2n) is 7.92. The fourth-order valence-corrected chi connectivity index (χ4v) is 4.37. The third-order valence-corrected chi connectivity index (χ3v) is 6.47. The lowest BCUT2D eigenvalue weighted by Gasteiger charge is -2.33. The number of piperidine rings is 1. The third-order valence-electron chi connectivity index (χ3n) is 5.27. The van der Waals surface area contributed by atoms with Crippen molar-refractivity contribution in [3.63, 3.8) is 0 Å². The number of aliphatic imine (C=N–C) groups is 1. The van der Waals surface area contributed by atoms with E-state index < -0.39 is 0 Å². The molecule has 2 N–H and O–H groups in total. The van der Waals surface area contributed by atoms with E-state index in [1.165, 1.54) is 12.1 Å². The van der Waals surface area contributed by atoms with Crippen LogP contribution in [0.5, 0.6) is 5.75 Å². The van der Waals surface area contributed by atoms with Crippen molar-refractivity contribution in [2.24, 2.45) is 4.99 Å². The number of likely N-dealkylation sites (tertiary alicyclic amines) is 1. The summed E-state index contributed by atoms with van der Waals surface area (Å²) in [6, 6.07) is 5.57. The summed E-state index contributed by atoms with van der Waals surface area (Å²) in [5.41, 5.74) is 2.02. The highest BCUT2D eigenvalue weighted by Crippen LogP contribution is 2.21. The Bertz CT molecular complexity index is 852. The number of hydrogen-bond acceptors (Lipinski definition) is 5. The number of nitrogens with zero attached hydrogens (tertiary/aromatic N) is 3. The summed E-state index contributed by atoms with van der Waals surface area (Å²) >= 11 is 1.71. The Morgan fingerprint density at radius 2 is 2.10 bits per heavy atom. The van der Waals surface area contributed by atoms with E-state index >= 15 is 0 Å². The van der Waals surface area contributed by atoms with Crippen LogP contribution < -0.4 is 15.4 Å². The van der Waals surface area contributed by atoms with Crippen molar-refractivity contribution in [1.29, 1.82) is 0 Å². The van der Waals surface area contributed by atoms with Gasteiger partial charge in [-0.2, -0.15) is 0 Å². The molecule has 0 atom stereocenters. The Labute approximate surface area is 205 Å². The first kappa shape index (κ1) is 25.8. The monoisotopic (exact) mass is 561 g/mol. The lowest BCUT2D eigenvalue weighted by atomic mass is 10.0. The molecule has 0 aliphatic carbocycles. The van der Waals surface area contributed by atoms with Gasteiger partial charge in [0.2, 0.25) is 0 Å². The minimum atomic E-state index is -0.304. The van der Waals surface area contributed by atoms with Crippen LogP contribution in [0, 0.1) is 5.82 Å². The normalized spacial score (nSPS) is 15.6. The van der Waals surface area contributed by atoms with E-state index in [1.807, 2.05) is 6.07 Å². The summed E-state index contributed by atoms with van der Waals surface area (Å²) in [5, 5.41) is 10.2. The summed E-state index contributed by atoms with van der Waals surface area (Å²) in [7, 11) is 3.28. The lowest BCUT2D eigenvalue weighted by molar-refractivity contribution is 0.198. The van der Waals surface area contributed by atoms with Gasteiger partial charge in [0.25, 0.3) is 0 Å². The van der Waals surface area contributed by atoms with Crippen molar-refractivity contribution in [3.05, 3.63) is 45.7 Å². The zero-order valence-electron chi connectivity index (χ0n) is 18.7. The maximum absolute atomic E-state index is 13.9. The topological polar surface area (TPSA) is 61.8 Å². The molecule has 1 aliphatic rings. The molecule has 1 aliphatic heterocycles. The summed E-state index contributed by atoms with van der Waals surface area (Å²) in [6.45, 7) is 7.67. The molecule has 1 saturated heterocycles. The molecule has 0 saturated carbocycles. The largest absolute Gasteiger partial charge is 0.494 e. The second kappa shape index (κ2) is 12.5. The smallest absolute Gasteiger partial charge is 0.191 e. The number of ether oxygens (including phenoxy) is 1. The van der Waals surface area contributed by atoms with E-state index in [1.54, 1.807) is 30.5 Å². The van der Waals surface area contributed by atoms with E-state index in [4.69, 9.17) is 4.74 Å². The van der Waals surface area contributed by atoms with Crippen LogP contribution in [-0.4, -0.2) is 49.1 Å². The Hall–Kier alpha value is -1.46. The van der Waals surface area contributed by atoms with Crippen LogP contribution >= 0.6 is 35.3 Å². The van der Waals surface area contributed by atoms with Crippen molar-refractivity contribution >= 4 is 41.3 Å². The molecular formula is C22H33FIN5OS. The fraction of sp³-hybridized carbons (Fsp3) is 0.545. The van der Waals surface area contributed by atoms with Crippen molar-refractivity contribution in [2.45, 2.75) is 51.7 Å². The SMILES string of the molecule is CN=C(NCc1csc(C(C)C)n1)NC1CCN(Cc2ccc(OC)c(F)c2)CC1.I. The predicted molar refractivity (Wildman–Crippen MR) is 136 cm³/mol.